The third-order valence-corrected chi connectivity index (χ3v) is 24.6. The molecule has 274 valence electrons. The van der Waals surface area contributed by atoms with Crippen molar-refractivity contribution in [2.45, 2.75) is 123 Å². The SMILES string of the molecule is CCC[CH2][Sn]([CH2]CCC)([CH2]CCC)[c]1ccc(CN(C)C(=O)CCC(=O)ON2CCCC2=O)cc1C(OCOC)(C(F)(F)F)C(F)(F)F. The molecule has 0 radical (unpaired) electrons. The van der Waals surface area contributed by atoms with Crippen LogP contribution in [0.25, 0.3) is 0 Å². The van der Waals surface area contributed by atoms with Crippen LogP contribution < -0.4 is 3.58 Å². The Bertz CT molecular complexity index is 1180. The average molecular weight is 803 g/mol. The molecule has 0 aromatic heterocycles. The number of halogens is 6. The Morgan fingerprint density at radius 1 is 0.917 bits per heavy atom. The number of unbranched alkanes of at least 4 members (excludes halogenated alkanes) is 3. The van der Waals surface area contributed by atoms with E-state index in [2.05, 4.69) is 4.74 Å². The van der Waals surface area contributed by atoms with Crippen LogP contribution >= 0.6 is 0 Å². The van der Waals surface area contributed by atoms with Gasteiger partial charge < -0.3 is 0 Å². The van der Waals surface area contributed by atoms with Crippen molar-refractivity contribution in [2.24, 2.45) is 0 Å². The summed E-state index contributed by atoms with van der Waals surface area (Å²) in [5.41, 5.74) is -5.57. The van der Waals surface area contributed by atoms with Crippen LogP contribution in [0.2, 0.25) is 13.3 Å². The number of carbonyl (C=O) groups excluding carboxylic acids is 3. The van der Waals surface area contributed by atoms with Crippen LogP contribution in [0.3, 0.4) is 0 Å². The van der Waals surface area contributed by atoms with Crippen molar-refractivity contribution in [2.75, 3.05) is 27.5 Å². The summed E-state index contributed by atoms with van der Waals surface area (Å²) in [6, 6.07) is 3.87. The monoisotopic (exact) mass is 804 g/mol. The third-order valence-electron chi connectivity index (χ3n) is 8.88. The van der Waals surface area contributed by atoms with Crippen LogP contribution in [0.15, 0.2) is 18.2 Å². The molecule has 0 spiro atoms. The molecule has 0 atom stereocenters. The molecule has 2 amide bonds. The normalized spacial score (nSPS) is 14.5. The van der Waals surface area contributed by atoms with Crippen molar-refractivity contribution in [1.29, 1.82) is 0 Å². The predicted molar refractivity (Wildman–Crippen MR) is 170 cm³/mol. The number of hydrogen-bond donors (Lipinski definition) is 0. The van der Waals surface area contributed by atoms with E-state index in [1.165, 1.54) is 19.2 Å². The van der Waals surface area contributed by atoms with Gasteiger partial charge in [-0.2, -0.15) is 0 Å². The van der Waals surface area contributed by atoms with Crippen molar-refractivity contribution < 1.29 is 55.0 Å². The average Bonchev–Trinajstić information content (AvgIpc) is 3.42. The summed E-state index contributed by atoms with van der Waals surface area (Å²) in [6.45, 7) is 4.55. The van der Waals surface area contributed by atoms with E-state index in [0.29, 0.717) is 39.0 Å². The standard InChI is InChI=1S/C21H23F6N2O6.3C4H9.Sn/c1-28(16(30)8-9-18(32)35-29-10-4-7-17(29)31)12-14-5-3-6-15(11-14)19(20(22,23)24,21(25,26)27)34-13-33-2;3*1-3-4-2;/h3,5,11H,4,7-10,12-13H2,1-2H3;3*1,3-4H2,2H3;. The minimum atomic E-state index is -5.90. The zero-order chi connectivity index (χ0) is 36.2. The van der Waals surface area contributed by atoms with E-state index in [1.807, 2.05) is 20.8 Å². The van der Waals surface area contributed by atoms with E-state index in [4.69, 9.17) is 9.57 Å². The van der Waals surface area contributed by atoms with Gasteiger partial charge in [-0.05, 0) is 6.42 Å². The molecule has 0 saturated carbocycles. The van der Waals surface area contributed by atoms with Gasteiger partial charge in [0.1, 0.15) is 0 Å². The molecule has 0 N–H and O–H groups in total. The first-order chi connectivity index (χ1) is 22.5. The Kier molecular flexibility index (Phi) is 16.5. The number of alkyl halides is 6. The number of nitrogens with zero attached hydrogens (tertiary/aromatic N) is 2. The molecule has 1 aliphatic heterocycles. The van der Waals surface area contributed by atoms with Crippen molar-refractivity contribution >= 4 is 39.7 Å². The summed E-state index contributed by atoms with van der Waals surface area (Å²) in [6.07, 6.45) is -7.36. The van der Waals surface area contributed by atoms with Crippen molar-refractivity contribution in [3.8, 4) is 0 Å². The van der Waals surface area contributed by atoms with E-state index in [-0.39, 0.29) is 47.4 Å². The van der Waals surface area contributed by atoms with Gasteiger partial charge in [0.05, 0.1) is 6.54 Å². The molecule has 1 fully saturated rings. The fourth-order valence-electron chi connectivity index (χ4n) is 6.27. The molecule has 0 unspecified atom stereocenters. The number of benzene rings is 1. The number of amides is 2. The minimum absolute atomic E-state index is 0.0513. The number of carbonyl (C=O) groups is 3. The fraction of sp³-hybridized carbons (Fsp3) is 0.727. The summed E-state index contributed by atoms with van der Waals surface area (Å²) in [4.78, 5) is 42.9. The van der Waals surface area contributed by atoms with Crippen LogP contribution in [-0.2, 0) is 40.8 Å². The molecule has 0 bridgehead atoms. The molecule has 1 aromatic carbocycles. The van der Waals surface area contributed by atoms with Gasteiger partial charge in [0.15, 0.2) is 0 Å². The molecule has 1 saturated heterocycles. The van der Waals surface area contributed by atoms with Crippen LogP contribution in [-0.4, -0.2) is 86.0 Å². The van der Waals surface area contributed by atoms with Crippen molar-refractivity contribution in [3.05, 3.63) is 29.3 Å². The van der Waals surface area contributed by atoms with Crippen LogP contribution in [0.5, 0.6) is 0 Å². The summed E-state index contributed by atoms with van der Waals surface area (Å²) < 4.78 is 102. The van der Waals surface area contributed by atoms with Gasteiger partial charge in [0.25, 0.3) is 5.91 Å². The van der Waals surface area contributed by atoms with E-state index in [1.54, 1.807) is 0 Å². The van der Waals surface area contributed by atoms with Crippen LogP contribution in [0.4, 0.5) is 26.3 Å². The van der Waals surface area contributed by atoms with E-state index in [9.17, 15) is 14.4 Å². The molecule has 8 nitrogen and oxygen atoms in total. The maximum atomic E-state index is 15.1. The Balaban J connectivity index is 2.65. The number of rotatable bonds is 20. The van der Waals surface area contributed by atoms with E-state index >= 15 is 26.3 Å². The molecular formula is C33H50F6N2O6Sn. The zero-order valence-corrected chi connectivity index (χ0v) is 31.5. The van der Waals surface area contributed by atoms with E-state index in [0.717, 1.165) is 42.4 Å². The molecule has 15 heteroatoms. The molecule has 1 heterocycles. The van der Waals surface area contributed by atoms with Gasteiger partial charge in [-0.25, -0.2) is 0 Å². The third kappa shape index (κ3) is 10.5. The van der Waals surface area contributed by atoms with Crippen LogP contribution in [0, 0.1) is 0 Å². The van der Waals surface area contributed by atoms with Gasteiger partial charge in [-0.15, -0.1) is 0 Å². The summed E-state index contributed by atoms with van der Waals surface area (Å²) in [5, 5.41) is 0.936. The Morgan fingerprint density at radius 3 is 1.94 bits per heavy atom. The van der Waals surface area contributed by atoms with Crippen LogP contribution in [0.1, 0.15) is 96.1 Å². The first-order valence-electron chi connectivity index (χ1n) is 16.7. The van der Waals surface area contributed by atoms with Gasteiger partial charge in [-0.3, -0.25) is 4.79 Å². The molecule has 48 heavy (non-hydrogen) atoms. The second-order valence-electron chi connectivity index (χ2n) is 12.5. The fourth-order valence-corrected chi connectivity index (χ4v) is 23.1. The molecule has 0 aliphatic carbocycles. The van der Waals surface area contributed by atoms with Gasteiger partial charge >= 0.3 is 254 Å². The number of hydroxylamine groups is 2. The van der Waals surface area contributed by atoms with E-state index < -0.39 is 60.6 Å². The number of hydrogen-bond acceptors (Lipinski definition) is 6. The Morgan fingerprint density at radius 2 is 1.48 bits per heavy atom. The zero-order valence-electron chi connectivity index (χ0n) is 28.7. The quantitative estimate of drug-likeness (QED) is 0.0772. The first kappa shape index (κ1) is 42.1. The Labute approximate surface area is 283 Å². The second kappa shape index (κ2) is 18.8. The molecular weight excluding hydrogens is 753 g/mol. The Hall–Kier alpha value is -2.07. The number of methoxy groups -OCH3 is 1. The molecule has 2 rings (SSSR count). The summed E-state index contributed by atoms with van der Waals surface area (Å²) in [5.74, 6) is -1.73. The first-order valence-corrected chi connectivity index (χ1v) is 24.2. The maximum absolute atomic E-state index is 15.1. The summed E-state index contributed by atoms with van der Waals surface area (Å²) in [7, 11) is 2.31. The number of ether oxygens (including phenoxy) is 2. The van der Waals surface area contributed by atoms with Gasteiger partial charge in [-0.1, -0.05) is 0 Å². The topological polar surface area (TPSA) is 85.4 Å². The van der Waals surface area contributed by atoms with Crippen molar-refractivity contribution in [1.82, 2.24) is 9.96 Å². The van der Waals surface area contributed by atoms with Crippen molar-refractivity contribution in [3.63, 3.8) is 0 Å². The second-order valence-corrected chi connectivity index (χ2v) is 25.6. The van der Waals surface area contributed by atoms with Gasteiger partial charge in [0.2, 0.25) is 0 Å². The molecule has 1 aliphatic rings. The predicted octanol–water partition coefficient (Wildman–Crippen LogP) is 7.50. The molecule has 1 aromatic rings. The van der Waals surface area contributed by atoms with Gasteiger partial charge in [0, 0.05) is 6.42 Å². The summed E-state index contributed by atoms with van der Waals surface area (Å²) >= 11 is -4.02.